The van der Waals surface area contributed by atoms with E-state index in [4.69, 9.17) is 14.2 Å². The van der Waals surface area contributed by atoms with Crippen molar-refractivity contribution in [1.82, 2.24) is 0 Å². The predicted molar refractivity (Wildman–Crippen MR) is 103 cm³/mol. The summed E-state index contributed by atoms with van der Waals surface area (Å²) in [5.74, 6) is -1.36. The minimum atomic E-state index is -0.636. The van der Waals surface area contributed by atoms with E-state index in [1.807, 2.05) is 0 Å². The summed E-state index contributed by atoms with van der Waals surface area (Å²) in [4.78, 5) is 13.0. The Kier molecular flexibility index (Phi) is 5.59. The van der Waals surface area contributed by atoms with E-state index in [0.29, 0.717) is 0 Å². The summed E-state index contributed by atoms with van der Waals surface area (Å²) in [5, 5.41) is 0. The maximum absolute atomic E-state index is 14.6. The lowest BCUT2D eigenvalue weighted by atomic mass is 10.0. The van der Waals surface area contributed by atoms with Gasteiger partial charge in [0.2, 0.25) is 5.75 Å². The quantitative estimate of drug-likeness (QED) is 0.641. The molecule has 0 atom stereocenters. The second-order valence-electron chi connectivity index (χ2n) is 5.86. The van der Waals surface area contributed by atoms with Crippen molar-refractivity contribution in [3.8, 4) is 39.5 Å². The summed E-state index contributed by atoms with van der Waals surface area (Å²) in [6.45, 7) is 0. The van der Waals surface area contributed by atoms with E-state index in [1.165, 1.54) is 57.7 Å². The Morgan fingerprint density at radius 2 is 1.04 bits per heavy atom. The number of halogens is 2. The van der Waals surface area contributed by atoms with Gasteiger partial charge in [0.05, 0.1) is 21.3 Å². The van der Waals surface area contributed by atoms with Gasteiger partial charge in [0.25, 0.3) is 5.43 Å². The summed E-state index contributed by atoms with van der Waals surface area (Å²) >= 11 is 0. The zero-order valence-corrected chi connectivity index (χ0v) is 15.6. The van der Waals surface area contributed by atoms with Gasteiger partial charge >= 0.3 is 0 Å². The molecule has 3 aromatic carbocycles. The van der Waals surface area contributed by atoms with Crippen molar-refractivity contribution in [2.45, 2.75) is 0 Å². The zero-order chi connectivity index (χ0) is 20.3. The van der Waals surface area contributed by atoms with E-state index >= 15 is 0 Å². The van der Waals surface area contributed by atoms with Gasteiger partial charge in [-0.3, -0.25) is 4.79 Å². The van der Waals surface area contributed by atoms with Crippen LogP contribution in [0.3, 0.4) is 0 Å². The van der Waals surface area contributed by atoms with Crippen LogP contribution in [0.1, 0.15) is 0 Å². The Hall–Kier alpha value is -3.41. The third kappa shape index (κ3) is 3.29. The van der Waals surface area contributed by atoms with E-state index in [0.717, 1.165) is 0 Å². The molecule has 0 radical (unpaired) electrons. The number of methoxy groups -OCH3 is 3. The summed E-state index contributed by atoms with van der Waals surface area (Å²) in [6, 6.07) is 13.4. The van der Waals surface area contributed by atoms with Gasteiger partial charge in [0.1, 0.15) is 11.6 Å². The van der Waals surface area contributed by atoms with Crippen molar-refractivity contribution in [2.24, 2.45) is 0 Å². The van der Waals surface area contributed by atoms with Gasteiger partial charge in [-0.1, -0.05) is 36.4 Å². The zero-order valence-electron chi connectivity index (χ0n) is 15.6. The fourth-order valence-electron chi connectivity index (χ4n) is 3.08. The van der Waals surface area contributed by atoms with Crippen molar-refractivity contribution in [2.75, 3.05) is 21.3 Å². The van der Waals surface area contributed by atoms with E-state index < -0.39 is 17.1 Å². The molecule has 28 heavy (non-hydrogen) atoms. The lowest BCUT2D eigenvalue weighted by molar-refractivity contribution is 0.350. The third-order valence-corrected chi connectivity index (χ3v) is 4.34. The molecule has 0 aliphatic heterocycles. The molecule has 4 nitrogen and oxygen atoms in total. The monoisotopic (exact) mass is 384 g/mol. The van der Waals surface area contributed by atoms with Crippen LogP contribution < -0.4 is 19.6 Å². The first-order valence-corrected chi connectivity index (χ1v) is 8.40. The van der Waals surface area contributed by atoms with E-state index in [9.17, 15) is 13.6 Å². The van der Waals surface area contributed by atoms with Crippen molar-refractivity contribution >= 4 is 0 Å². The number of ether oxygens (including phenoxy) is 3. The normalized spacial score (nSPS) is 10.5. The lowest BCUT2D eigenvalue weighted by Gasteiger charge is -2.10. The van der Waals surface area contributed by atoms with Crippen LogP contribution in [0.2, 0.25) is 0 Å². The highest BCUT2D eigenvalue weighted by molar-refractivity contribution is 5.82. The molecular weight excluding hydrogens is 366 g/mol. The third-order valence-electron chi connectivity index (χ3n) is 4.34. The molecule has 0 unspecified atom stereocenters. The molecule has 0 aliphatic carbocycles. The molecule has 0 aliphatic rings. The Bertz CT molecular complexity index is 1080. The van der Waals surface area contributed by atoms with E-state index in [-0.39, 0.29) is 39.5 Å². The SMILES string of the molecule is COc1c(-c2ccccc2F)cc(-c2ccccc2F)c(OC)c(=O)c1OC. The molecular formula is C22H18F2O4. The summed E-state index contributed by atoms with van der Waals surface area (Å²) in [5.41, 5.74) is 0.0616. The van der Waals surface area contributed by atoms with Crippen LogP contribution in [0, 0.1) is 11.6 Å². The molecule has 3 rings (SSSR count). The second-order valence-corrected chi connectivity index (χ2v) is 5.86. The van der Waals surface area contributed by atoms with Crippen LogP contribution >= 0.6 is 0 Å². The van der Waals surface area contributed by atoms with Crippen LogP contribution in [0.5, 0.6) is 17.2 Å². The fraction of sp³-hybridized carbons (Fsp3) is 0.136. The molecule has 6 heteroatoms. The summed E-state index contributed by atoms with van der Waals surface area (Å²) in [6.07, 6.45) is 0. The molecule has 0 spiro atoms. The molecule has 0 bridgehead atoms. The second kappa shape index (κ2) is 8.08. The Morgan fingerprint density at radius 3 is 1.46 bits per heavy atom. The Labute approximate surface area is 160 Å². The largest absolute Gasteiger partial charge is 0.492 e. The average Bonchev–Trinajstić information content (AvgIpc) is 2.82. The maximum Gasteiger partial charge on any atom is 0.266 e. The molecule has 0 amide bonds. The van der Waals surface area contributed by atoms with E-state index in [2.05, 4.69) is 0 Å². The first-order chi connectivity index (χ1) is 13.5. The standard InChI is InChI=1S/C22H18F2O4/c1-26-20-15(13-8-4-6-10-17(13)23)12-16(14-9-5-7-11-18(14)24)21(27-2)22(28-3)19(20)25/h4-12H,1-3H3. The van der Waals surface area contributed by atoms with Crippen LogP contribution in [0.4, 0.5) is 8.78 Å². The van der Waals surface area contributed by atoms with Crippen LogP contribution in [0.25, 0.3) is 22.3 Å². The van der Waals surface area contributed by atoms with Crippen LogP contribution in [-0.4, -0.2) is 21.3 Å². The Balaban J connectivity index is 2.55. The minimum Gasteiger partial charge on any atom is -0.492 e. The molecule has 3 aromatic rings. The molecule has 0 N–H and O–H groups in total. The van der Waals surface area contributed by atoms with Gasteiger partial charge in [0.15, 0.2) is 11.5 Å². The van der Waals surface area contributed by atoms with Crippen LogP contribution in [0.15, 0.2) is 59.4 Å². The molecule has 0 heterocycles. The van der Waals surface area contributed by atoms with Crippen molar-refractivity contribution in [1.29, 1.82) is 0 Å². The molecule has 0 fully saturated rings. The number of benzene rings is 2. The lowest BCUT2D eigenvalue weighted by Crippen LogP contribution is -2.08. The Morgan fingerprint density at radius 1 is 0.607 bits per heavy atom. The highest BCUT2D eigenvalue weighted by Gasteiger charge is 2.23. The highest BCUT2D eigenvalue weighted by Crippen LogP contribution is 2.41. The number of hydrogen-bond donors (Lipinski definition) is 0. The predicted octanol–water partition coefficient (Wildman–Crippen LogP) is 4.68. The molecule has 0 saturated heterocycles. The average molecular weight is 384 g/mol. The van der Waals surface area contributed by atoms with E-state index in [1.54, 1.807) is 18.2 Å². The van der Waals surface area contributed by atoms with Gasteiger partial charge in [-0.25, -0.2) is 8.78 Å². The van der Waals surface area contributed by atoms with Crippen LogP contribution in [-0.2, 0) is 0 Å². The van der Waals surface area contributed by atoms with Crippen molar-refractivity contribution < 1.29 is 23.0 Å². The first kappa shape index (κ1) is 19.4. The smallest absolute Gasteiger partial charge is 0.266 e. The van der Waals surface area contributed by atoms with Gasteiger partial charge in [-0.05, 0) is 18.2 Å². The van der Waals surface area contributed by atoms with Crippen molar-refractivity contribution in [3.63, 3.8) is 0 Å². The summed E-state index contributed by atoms with van der Waals surface area (Å²) < 4.78 is 45.1. The minimum absolute atomic E-state index is 0.0264. The molecule has 0 saturated carbocycles. The topological polar surface area (TPSA) is 44.8 Å². The highest BCUT2D eigenvalue weighted by atomic mass is 19.1. The fourth-order valence-corrected chi connectivity index (χ4v) is 3.08. The van der Waals surface area contributed by atoms with Gasteiger partial charge < -0.3 is 14.2 Å². The van der Waals surface area contributed by atoms with Gasteiger partial charge in [-0.2, -0.15) is 0 Å². The van der Waals surface area contributed by atoms with Gasteiger partial charge in [-0.15, -0.1) is 0 Å². The molecule has 144 valence electrons. The number of rotatable bonds is 5. The number of hydrogen-bond acceptors (Lipinski definition) is 4. The maximum atomic E-state index is 14.6. The molecule has 0 aromatic heterocycles. The summed E-state index contributed by atoms with van der Waals surface area (Å²) in [7, 11) is 3.94. The van der Waals surface area contributed by atoms with Gasteiger partial charge in [0, 0.05) is 22.3 Å². The first-order valence-electron chi connectivity index (χ1n) is 8.40. The van der Waals surface area contributed by atoms with Crippen molar-refractivity contribution in [3.05, 3.63) is 76.5 Å².